The SMILES string of the molecule is CC(=O)N1CCC(N2CC3CC2C(=O)Nc2ccccc2O3)CC1. The first-order valence-electron chi connectivity index (χ1n) is 8.69. The van der Waals surface area contributed by atoms with Crippen molar-refractivity contribution in [3.05, 3.63) is 24.3 Å². The van der Waals surface area contributed by atoms with Gasteiger partial charge in [-0.3, -0.25) is 14.5 Å². The molecule has 2 amide bonds. The number of carbonyl (C=O) groups excluding carboxylic acids is 2. The molecule has 1 N–H and O–H groups in total. The first kappa shape index (κ1) is 15.4. The number of piperidine rings is 1. The van der Waals surface area contributed by atoms with E-state index in [0.29, 0.717) is 6.04 Å². The number of carbonyl (C=O) groups is 2. The van der Waals surface area contributed by atoms with Gasteiger partial charge >= 0.3 is 0 Å². The Bertz CT molecular complexity index is 655. The molecule has 2 saturated heterocycles. The summed E-state index contributed by atoms with van der Waals surface area (Å²) in [6.45, 7) is 3.94. The molecule has 3 aliphatic heterocycles. The Labute approximate surface area is 141 Å². The summed E-state index contributed by atoms with van der Waals surface area (Å²) in [5, 5.41) is 3.02. The average molecular weight is 329 g/mol. The second-order valence-electron chi connectivity index (χ2n) is 6.91. The van der Waals surface area contributed by atoms with E-state index in [1.165, 1.54) is 0 Å². The largest absolute Gasteiger partial charge is 0.487 e. The number of nitrogens with one attached hydrogen (secondary N) is 1. The van der Waals surface area contributed by atoms with Crippen molar-refractivity contribution in [2.75, 3.05) is 25.0 Å². The van der Waals surface area contributed by atoms with Crippen LogP contribution in [0.1, 0.15) is 26.2 Å². The van der Waals surface area contributed by atoms with E-state index in [1.54, 1.807) is 6.92 Å². The molecule has 2 bridgehead atoms. The van der Waals surface area contributed by atoms with Crippen molar-refractivity contribution in [2.24, 2.45) is 0 Å². The maximum absolute atomic E-state index is 12.7. The van der Waals surface area contributed by atoms with Gasteiger partial charge in [-0.2, -0.15) is 0 Å². The number of benzene rings is 1. The minimum atomic E-state index is -0.141. The van der Waals surface area contributed by atoms with Gasteiger partial charge in [0.1, 0.15) is 11.9 Å². The maximum atomic E-state index is 12.7. The zero-order valence-electron chi connectivity index (χ0n) is 13.9. The first-order chi connectivity index (χ1) is 11.6. The lowest BCUT2D eigenvalue weighted by molar-refractivity contribution is -0.131. The van der Waals surface area contributed by atoms with Crippen LogP contribution >= 0.6 is 0 Å². The van der Waals surface area contributed by atoms with Crippen LogP contribution in [0.5, 0.6) is 5.75 Å². The smallest absolute Gasteiger partial charge is 0.241 e. The molecule has 0 aliphatic carbocycles. The van der Waals surface area contributed by atoms with E-state index in [0.717, 1.165) is 50.3 Å². The van der Waals surface area contributed by atoms with Crippen molar-refractivity contribution in [3.63, 3.8) is 0 Å². The molecule has 4 rings (SSSR count). The normalized spacial score (nSPS) is 27.7. The fourth-order valence-electron chi connectivity index (χ4n) is 4.15. The highest BCUT2D eigenvalue weighted by molar-refractivity contribution is 5.96. The minimum absolute atomic E-state index is 0.0491. The molecule has 2 unspecified atom stereocenters. The van der Waals surface area contributed by atoms with Crippen molar-refractivity contribution in [1.29, 1.82) is 0 Å². The Morgan fingerprint density at radius 1 is 1.25 bits per heavy atom. The van der Waals surface area contributed by atoms with E-state index in [4.69, 9.17) is 4.74 Å². The number of ether oxygens (including phenoxy) is 1. The third-order valence-corrected chi connectivity index (χ3v) is 5.42. The molecule has 2 atom stereocenters. The second-order valence-corrected chi connectivity index (χ2v) is 6.91. The molecular formula is C18H23N3O3. The summed E-state index contributed by atoms with van der Waals surface area (Å²) in [6.07, 6.45) is 2.62. The topological polar surface area (TPSA) is 61.9 Å². The zero-order valence-corrected chi connectivity index (χ0v) is 13.9. The summed E-state index contributed by atoms with van der Waals surface area (Å²) < 4.78 is 6.14. The predicted molar refractivity (Wildman–Crippen MR) is 89.9 cm³/mol. The van der Waals surface area contributed by atoms with Gasteiger partial charge in [0.25, 0.3) is 0 Å². The van der Waals surface area contributed by atoms with Gasteiger partial charge in [-0.05, 0) is 25.0 Å². The number of hydrogen-bond acceptors (Lipinski definition) is 4. The maximum Gasteiger partial charge on any atom is 0.241 e. The fraction of sp³-hybridized carbons (Fsp3) is 0.556. The van der Waals surface area contributed by atoms with E-state index < -0.39 is 0 Å². The Hall–Kier alpha value is -2.08. The molecular weight excluding hydrogens is 306 g/mol. The van der Waals surface area contributed by atoms with Gasteiger partial charge < -0.3 is 15.0 Å². The summed E-state index contributed by atoms with van der Waals surface area (Å²) in [5.74, 6) is 0.948. The van der Waals surface area contributed by atoms with Gasteiger partial charge in [-0.1, -0.05) is 12.1 Å². The molecule has 1 aromatic rings. The lowest BCUT2D eigenvalue weighted by atomic mass is 10.0. The summed E-state index contributed by atoms with van der Waals surface area (Å²) in [4.78, 5) is 28.4. The number of para-hydroxylation sites is 2. The van der Waals surface area contributed by atoms with Crippen molar-refractivity contribution < 1.29 is 14.3 Å². The lowest BCUT2D eigenvalue weighted by Crippen LogP contribution is -2.50. The molecule has 6 nitrogen and oxygen atoms in total. The monoisotopic (exact) mass is 329 g/mol. The van der Waals surface area contributed by atoms with Crippen molar-refractivity contribution in [3.8, 4) is 5.75 Å². The number of anilines is 1. The molecule has 0 spiro atoms. The molecule has 6 heteroatoms. The highest BCUT2D eigenvalue weighted by Gasteiger charge is 2.43. The number of rotatable bonds is 1. The Morgan fingerprint density at radius 2 is 2.00 bits per heavy atom. The van der Waals surface area contributed by atoms with E-state index in [9.17, 15) is 9.59 Å². The van der Waals surface area contributed by atoms with Gasteiger partial charge in [0, 0.05) is 39.0 Å². The Kier molecular flexibility index (Phi) is 3.92. The van der Waals surface area contributed by atoms with Gasteiger partial charge in [-0.15, -0.1) is 0 Å². The van der Waals surface area contributed by atoms with Crippen molar-refractivity contribution in [2.45, 2.75) is 44.4 Å². The van der Waals surface area contributed by atoms with E-state index in [-0.39, 0.29) is 24.0 Å². The third kappa shape index (κ3) is 2.75. The molecule has 0 radical (unpaired) electrons. The van der Waals surface area contributed by atoms with Crippen molar-refractivity contribution >= 4 is 17.5 Å². The highest BCUT2D eigenvalue weighted by Crippen LogP contribution is 2.34. The van der Waals surface area contributed by atoms with Crippen LogP contribution in [-0.4, -0.2) is 59.4 Å². The van der Waals surface area contributed by atoms with Gasteiger partial charge in [-0.25, -0.2) is 0 Å². The van der Waals surface area contributed by atoms with Crippen molar-refractivity contribution in [1.82, 2.24) is 9.80 Å². The Morgan fingerprint density at radius 3 is 2.75 bits per heavy atom. The second kappa shape index (κ2) is 6.09. The van der Waals surface area contributed by atoms with Crippen LogP contribution < -0.4 is 10.1 Å². The standard InChI is InChI=1S/C18H23N3O3/c1-12(22)20-8-6-13(7-9-20)21-11-14-10-16(21)18(23)19-15-4-2-3-5-17(15)24-14/h2-5,13-14,16H,6-11H2,1H3,(H,19,23). The first-order valence-corrected chi connectivity index (χ1v) is 8.69. The molecule has 24 heavy (non-hydrogen) atoms. The van der Waals surface area contributed by atoms with Crippen LogP contribution in [0.25, 0.3) is 0 Å². The van der Waals surface area contributed by atoms with E-state index in [2.05, 4.69) is 10.2 Å². The van der Waals surface area contributed by atoms with Crippen LogP contribution in [0.15, 0.2) is 24.3 Å². The van der Waals surface area contributed by atoms with Gasteiger partial charge in [0.15, 0.2) is 0 Å². The van der Waals surface area contributed by atoms with Crippen LogP contribution in [0, 0.1) is 0 Å². The highest BCUT2D eigenvalue weighted by atomic mass is 16.5. The molecule has 3 heterocycles. The van der Waals surface area contributed by atoms with Crippen LogP contribution in [0.3, 0.4) is 0 Å². The molecule has 128 valence electrons. The summed E-state index contributed by atoms with van der Waals surface area (Å²) in [6, 6.07) is 7.82. The van der Waals surface area contributed by atoms with Crippen LogP contribution in [0.2, 0.25) is 0 Å². The molecule has 1 aromatic carbocycles. The quantitative estimate of drug-likeness (QED) is 0.848. The van der Waals surface area contributed by atoms with Gasteiger partial charge in [0.05, 0.1) is 11.7 Å². The summed E-state index contributed by atoms with van der Waals surface area (Å²) in [7, 11) is 0. The molecule has 0 aromatic heterocycles. The number of nitrogens with zero attached hydrogens (tertiary/aromatic N) is 2. The molecule has 2 fully saturated rings. The average Bonchev–Trinajstić information content (AvgIpc) is 3.01. The van der Waals surface area contributed by atoms with Crippen LogP contribution in [-0.2, 0) is 9.59 Å². The lowest BCUT2D eigenvalue weighted by Gasteiger charge is -2.38. The number of amides is 2. The minimum Gasteiger partial charge on any atom is -0.487 e. The fourth-order valence-corrected chi connectivity index (χ4v) is 4.15. The van der Waals surface area contributed by atoms with E-state index in [1.807, 2.05) is 29.2 Å². The molecule has 3 aliphatic rings. The van der Waals surface area contributed by atoms with Crippen LogP contribution in [0.4, 0.5) is 5.69 Å². The summed E-state index contributed by atoms with van der Waals surface area (Å²) in [5.41, 5.74) is 0.755. The summed E-state index contributed by atoms with van der Waals surface area (Å²) >= 11 is 0. The number of fused-ring (bicyclic) bond motifs is 3. The molecule has 0 saturated carbocycles. The predicted octanol–water partition coefficient (Wildman–Crippen LogP) is 1.47. The third-order valence-electron chi connectivity index (χ3n) is 5.42. The van der Waals surface area contributed by atoms with Gasteiger partial charge in [0.2, 0.25) is 11.8 Å². The zero-order chi connectivity index (χ0) is 16.7. The Balaban J connectivity index is 1.51. The van der Waals surface area contributed by atoms with E-state index >= 15 is 0 Å². The number of likely N-dealkylation sites (tertiary alicyclic amines) is 2. The number of hydrogen-bond donors (Lipinski definition) is 1.